The minimum Gasteiger partial charge on any atom is -0.469 e. The largest absolute Gasteiger partial charge is 0.469 e. The van der Waals surface area contributed by atoms with Gasteiger partial charge in [0.15, 0.2) is 0 Å². The maximum atomic E-state index is 11.8. The molecule has 0 aliphatic rings. The molecule has 1 aromatic rings. The Labute approximate surface area is 125 Å². The third kappa shape index (κ3) is 7.46. The van der Waals surface area contributed by atoms with Crippen LogP contribution in [-0.2, 0) is 20.7 Å². The van der Waals surface area contributed by atoms with Gasteiger partial charge < -0.3 is 15.8 Å². The Kier molecular flexibility index (Phi) is 8.12. The first-order chi connectivity index (χ1) is 10.1. The van der Waals surface area contributed by atoms with Crippen molar-refractivity contribution >= 4 is 11.9 Å². The molecule has 0 aliphatic heterocycles. The van der Waals surface area contributed by atoms with Gasteiger partial charge in [0.05, 0.1) is 13.2 Å². The van der Waals surface area contributed by atoms with E-state index in [1.165, 1.54) is 7.11 Å². The first-order valence-corrected chi connectivity index (χ1v) is 7.27. The van der Waals surface area contributed by atoms with E-state index < -0.39 is 6.04 Å². The fourth-order valence-corrected chi connectivity index (χ4v) is 1.98. The number of carbonyl (C=O) groups excluding carboxylic acids is 2. The van der Waals surface area contributed by atoms with E-state index in [-0.39, 0.29) is 11.9 Å². The number of hydrogen-bond acceptors (Lipinski definition) is 4. The number of hydrogen-bond donors (Lipinski definition) is 2. The number of unbranched alkanes of at least 4 members (excludes halogenated alkanes) is 2. The third-order valence-corrected chi connectivity index (χ3v) is 3.22. The average molecular weight is 292 g/mol. The number of methoxy groups -OCH3 is 1. The second-order valence-corrected chi connectivity index (χ2v) is 4.97. The van der Waals surface area contributed by atoms with E-state index >= 15 is 0 Å². The van der Waals surface area contributed by atoms with Crippen molar-refractivity contribution in [1.29, 1.82) is 0 Å². The molecule has 0 aromatic heterocycles. The second kappa shape index (κ2) is 9.94. The maximum Gasteiger partial charge on any atom is 0.305 e. The molecule has 116 valence electrons. The maximum absolute atomic E-state index is 11.8. The number of benzene rings is 1. The molecule has 1 atom stereocenters. The smallest absolute Gasteiger partial charge is 0.305 e. The zero-order valence-electron chi connectivity index (χ0n) is 12.5. The van der Waals surface area contributed by atoms with Crippen molar-refractivity contribution in [3.8, 4) is 0 Å². The van der Waals surface area contributed by atoms with Gasteiger partial charge >= 0.3 is 5.97 Å². The summed E-state index contributed by atoms with van der Waals surface area (Å²) in [5.41, 5.74) is 6.93. The predicted molar refractivity (Wildman–Crippen MR) is 81.6 cm³/mol. The summed E-state index contributed by atoms with van der Waals surface area (Å²) in [6.07, 6.45) is 3.45. The lowest BCUT2D eigenvalue weighted by molar-refractivity contribution is -0.140. The summed E-state index contributed by atoms with van der Waals surface area (Å²) in [6.45, 7) is 0.586. The number of nitrogens with two attached hydrogens (primary N) is 1. The molecular formula is C16H24N2O3. The molecule has 0 heterocycles. The van der Waals surface area contributed by atoms with Gasteiger partial charge in [0.25, 0.3) is 0 Å². The molecule has 21 heavy (non-hydrogen) atoms. The highest BCUT2D eigenvalue weighted by atomic mass is 16.5. The first-order valence-electron chi connectivity index (χ1n) is 7.27. The number of nitrogens with one attached hydrogen (secondary N) is 1. The molecule has 3 N–H and O–H groups in total. The summed E-state index contributed by atoms with van der Waals surface area (Å²) in [4.78, 5) is 22.7. The van der Waals surface area contributed by atoms with Crippen LogP contribution in [-0.4, -0.2) is 31.6 Å². The Hall–Kier alpha value is -1.88. The highest BCUT2D eigenvalue weighted by Gasteiger charge is 2.13. The van der Waals surface area contributed by atoms with Crippen LogP contribution < -0.4 is 11.1 Å². The normalized spacial score (nSPS) is 11.7. The van der Waals surface area contributed by atoms with E-state index in [2.05, 4.69) is 10.1 Å². The summed E-state index contributed by atoms with van der Waals surface area (Å²) in [5, 5.41) is 2.82. The molecule has 0 spiro atoms. The Morgan fingerprint density at radius 1 is 1.19 bits per heavy atom. The van der Waals surface area contributed by atoms with Gasteiger partial charge in [0.1, 0.15) is 0 Å². The molecule has 0 fully saturated rings. The third-order valence-electron chi connectivity index (χ3n) is 3.22. The van der Waals surface area contributed by atoms with Crippen LogP contribution in [0.2, 0.25) is 0 Å². The molecule has 0 saturated carbocycles. The van der Waals surface area contributed by atoms with Crippen molar-refractivity contribution in [3.63, 3.8) is 0 Å². The van der Waals surface area contributed by atoms with Gasteiger partial charge in [-0.05, 0) is 24.8 Å². The number of amides is 1. The molecule has 1 amide bonds. The van der Waals surface area contributed by atoms with Crippen LogP contribution in [0.1, 0.15) is 31.2 Å². The van der Waals surface area contributed by atoms with E-state index in [4.69, 9.17) is 5.73 Å². The van der Waals surface area contributed by atoms with E-state index in [1.54, 1.807) is 0 Å². The van der Waals surface area contributed by atoms with Crippen LogP contribution in [0.25, 0.3) is 0 Å². The van der Waals surface area contributed by atoms with Gasteiger partial charge in [0, 0.05) is 13.0 Å². The minimum absolute atomic E-state index is 0.133. The quantitative estimate of drug-likeness (QED) is 0.532. The van der Waals surface area contributed by atoms with Crippen LogP contribution in [0.15, 0.2) is 30.3 Å². The molecule has 0 saturated heterocycles. The summed E-state index contributed by atoms with van der Waals surface area (Å²) < 4.78 is 4.56. The summed E-state index contributed by atoms with van der Waals surface area (Å²) in [5.74, 6) is -0.323. The van der Waals surface area contributed by atoms with Crippen LogP contribution in [0, 0.1) is 0 Å². The van der Waals surface area contributed by atoms with E-state index in [0.29, 0.717) is 19.4 Å². The molecule has 0 aliphatic carbocycles. The molecule has 1 rings (SSSR count). The van der Waals surface area contributed by atoms with Crippen molar-refractivity contribution in [2.45, 2.75) is 38.1 Å². The molecule has 5 heteroatoms. The van der Waals surface area contributed by atoms with Gasteiger partial charge in [0.2, 0.25) is 5.91 Å². The highest BCUT2D eigenvalue weighted by Crippen LogP contribution is 2.03. The second-order valence-electron chi connectivity index (χ2n) is 4.97. The van der Waals surface area contributed by atoms with Gasteiger partial charge in [-0.2, -0.15) is 0 Å². The van der Waals surface area contributed by atoms with E-state index in [1.807, 2.05) is 30.3 Å². The SMILES string of the molecule is COC(=O)CCCCCNC(=O)C(N)Cc1ccccc1. The lowest BCUT2D eigenvalue weighted by Gasteiger charge is -2.12. The summed E-state index contributed by atoms with van der Waals surface area (Å²) in [6, 6.07) is 9.19. The zero-order valence-corrected chi connectivity index (χ0v) is 12.5. The van der Waals surface area contributed by atoms with Crippen LogP contribution in [0.4, 0.5) is 0 Å². The predicted octanol–water partition coefficient (Wildman–Crippen LogP) is 1.41. The molecule has 0 radical (unpaired) electrons. The number of ether oxygens (including phenoxy) is 1. The lowest BCUT2D eigenvalue weighted by Crippen LogP contribution is -2.42. The van der Waals surface area contributed by atoms with Crippen LogP contribution >= 0.6 is 0 Å². The van der Waals surface area contributed by atoms with Gasteiger partial charge in [-0.15, -0.1) is 0 Å². The van der Waals surface area contributed by atoms with Crippen molar-refractivity contribution in [2.75, 3.05) is 13.7 Å². The van der Waals surface area contributed by atoms with Crippen LogP contribution in [0.5, 0.6) is 0 Å². The van der Waals surface area contributed by atoms with Gasteiger partial charge in [-0.1, -0.05) is 36.8 Å². The van der Waals surface area contributed by atoms with Crippen molar-refractivity contribution < 1.29 is 14.3 Å². The molecular weight excluding hydrogens is 268 g/mol. The average Bonchev–Trinajstić information content (AvgIpc) is 2.51. The minimum atomic E-state index is -0.525. The molecule has 0 bridgehead atoms. The topological polar surface area (TPSA) is 81.4 Å². The molecule has 1 aromatic carbocycles. The summed E-state index contributed by atoms with van der Waals surface area (Å²) in [7, 11) is 1.39. The number of esters is 1. The lowest BCUT2D eigenvalue weighted by atomic mass is 10.1. The van der Waals surface area contributed by atoms with Gasteiger partial charge in [-0.25, -0.2) is 0 Å². The van der Waals surface area contributed by atoms with Gasteiger partial charge in [-0.3, -0.25) is 9.59 Å². The van der Waals surface area contributed by atoms with Crippen LogP contribution in [0.3, 0.4) is 0 Å². The van der Waals surface area contributed by atoms with Crippen molar-refractivity contribution in [1.82, 2.24) is 5.32 Å². The van der Waals surface area contributed by atoms with E-state index in [9.17, 15) is 9.59 Å². The van der Waals surface area contributed by atoms with E-state index in [0.717, 1.165) is 24.8 Å². The fourth-order valence-electron chi connectivity index (χ4n) is 1.98. The number of carbonyl (C=O) groups is 2. The Morgan fingerprint density at radius 2 is 1.90 bits per heavy atom. The highest BCUT2D eigenvalue weighted by molar-refractivity contribution is 5.81. The zero-order chi connectivity index (χ0) is 15.5. The van der Waals surface area contributed by atoms with Crippen molar-refractivity contribution in [3.05, 3.63) is 35.9 Å². The Bertz CT molecular complexity index is 434. The Morgan fingerprint density at radius 3 is 2.57 bits per heavy atom. The fraction of sp³-hybridized carbons (Fsp3) is 0.500. The molecule has 5 nitrogen and oxygen atoms in total. The summed E-state index contributed by atoms with van der Waals surface area (Å²) >= 11 is 0. The monoisotopic (exact) mass is 292 g/mol. The Balaban J connectivity index is 2.11. The first kappa shape index (κ1) is 17.2. The van der Waals surface area contributed by atoms with Crippen molar-refractivity contribution in [2.24, 2.45) is 5.73 Å². The standard InChI is InChI=1S/C16H24N2O3/c1-21-15(19)10-6-3-7-11-18-16(20)14(17)12-13-8-4-2-5-9-13/h2,4-5,8-9,14H,3,6-7,10-12,17H2,1H3,(H,18,20). The number of rotatable bonds is 9. The molecule has 1 unspecified atom stereocenters.